The van der Waals surface area contributed by atoms with Crippen LogP contribution in [0.25, 0.3) is 11.1 Å². The van der Waals surface area contributed by atoms with Crippen molar-refractivity contribution in [2.45, 2.75) is 19.4 Å². The molecule has 2 N–H and O–H groups in total. The number of piperidine rings is 1. The van der Waals surface area contributed by atoms with Gasteiger partial charge in [0.25, 0.3) is 5.91 Å². The van der Waals surface area contributed by atoms with Crippen molar-refractivity contribution < 1.29 is 4.79 Å². The first-order chi connectivity index (χ1) is 10.7. The molecule has 0 spiro atoms. The van der Waals surface area contributed by atoms with E-state index >= 15 is 0 Å². The molecule has 24 heavy (non-hydrogen) atoms. The highest BCUT2D eigenvalue weighted by molar-refractivity contribution is 5.95. The lowest BCUT2D eigenvalue weighted by Crippen LogP contribution is -2.50. The summed E-state index contributed by atoms with van der Waals surface area (Å²) in [6.07, 6.45) is 4.51. The van der Waals surface area contributed by atoms with Crippen molar-refractivity contribution in [2.24, 2.45) is 5.92 Å². The molecule has 1 aliphatic rings. The van der Waals surface area contributed by atoms with E-state index < -0.39 is 0 Å². The minimum atomic E-state index is -0.0502. The summed E-state index contributed by atoms with van der Waals surface area (Å²) in [5.74, 6) is 0.446. The number of carbonyl (C=O) groups is 1. The van der Waals surface area contributed by atoms with Crippen LogP contribution in [0.2, 0.25) is 0 Å². The second-order valence-electron chi connectivity index (χ2n) is 5.88. The number of halogens is 2. The molecule has 0 saturated carbocycles. The van der Waals surface area contributed by atoms with Crippen LogP contribution < -0.4 is 10.6 Å². The maximum atomic E-state index is 12.5. The number of pyridine rings is 1. The third-order valence-electron chi connectivity index (χ3n) is 4.25. The van der Waals surface area contributed by atoms with Gasteiger partial charge in [-0.2, -0.15) is 0 Å². The van der Waals surface area contributed by atoms with Crippen molar-refractivity contribution in [1.29, 1.82) is 0 Å². The maximum absolute atomic E-state index is 12.5. The summed E-state index contributed by atoms with van der Waals surface area (Å²) in [7, 11) is 0. The molecular formula is C18H23Cl2N3O. The Morgan fingerprint density at radius 1 is 1.17 bits per heavy atom. The summed E-state index contributed by atoms with van der Waals surface area (Å²) in [5.41, 5.74) is 2.64. The fourth-order valence-corrected chi connectivity index (χ4v) is 2.79. The molecule has 1 aliphatic heterocycles. The number of hydrogen-bond donors (Lipinski definition) is 2. The number of amides is 1. The Labute approximate surface area is 155 Å². The summed E-state index contributed by atoms with van der Waals surface area (Å²) in [6.45, 7) is 4.04. The highest BCUT2D eigenvalue weighted by Crippen LogP contribution is 2.19. The average Bonchev–Trinajstić information content (AvgIpc) is 2.58. The number of nitrogens with zero attached hydrogens (tertiary/aromatic N) is 1. The van der Waals surface area contributed by atoms with Crippen LogP contribution in [-0.4, -0.2) is 30.0 Å². The Kier molecular flexibility index (Phi) is 8.19. The van der Waals surface area contributed by atoms with E-state index in [0.717, 1.165) is 30.6 Å². The molecule has 1 aromatic carbocycles. The van der Waals surface area contributed by atoms with E-state index in [-0.39, 0.29) is 36.8 Å². The summed E-state index contributed by atoms with van der Waals surface area (Å²) in [6, 6.07) is 12.1. The van der Waals surface area contributed by atoms with Crippen LogP contribution in [0.15, 0.2) is 48.8 Å². The number of aromatic nitrogens is 1. The number of carbonyl (C=O) groups excluding carboxylic acids is 1. The van der Waals surface area contributed by atoms with Gasteiger partial charge in [0.2, 0.25) is 0 Å². The minimum absolute atomic E-state index is 0. The largest absolute Gasteiger partial charge is 0.348 e. The van der Waals surface area contributed by atoms with Gasteiger partial charge in [-0.1, -0.05) is 37.3 Å². The van der Waals surface area contributed by atoms with E-state index in [9.17, 15) is 4.79 Å². The van der Waals surface area contributed by atoms with Crippen molar-refractivity contribution in [3.63, 3.8) is 0 Å². The number of hydrogen-bond acceptors (Lipinski definition) is 3. The maximum Gasteiger partial charge on any atom is 0.253 e. The van der Waals surface area contributed by atoms with E-state index in [1.165, 1.54) is 0 Å². The second-order valence-corrected chi connectivity index (χ2v) is 5.88. The molecule has 6 heteroatoms. The Balaban J connectivity index is 0.00000144. The van der Waals surface area contributed by atoms with E-state index in [0.29, 0.717) is 11.5 Å². The topological polar surface area (TPSA) is 54.0 Å². The zero-order chi connectivity index (χ0) is 15.4. The van der Waals surface area contributed by atoms with Crippen molar-refractivity contribution in [2.75, 3.05) is 13.1 Å². The third kappa shape index (κ3) is 4.94. The predicted molar refractivity (Wildman–Crippen MR) is 102 cm³/mol. The first kappa shape index (κ1) is 20.4. The first-order valence-corrected chi connectivity index (χ1v) is 7.76. The van der Waals surface area contributed by atoms with Gasteiger partial charge >= 0.3 is 0 Å². The standard InChI is InChI=1S/C18H21N3O.2ClH/c1-13-7-8-19-12-17(13)21-18(22)16-9-15(10-20-11-16)14-5-3-2-4-6-14;;/h2-6,9-11,13,17,19H,7-8,12H2,1H3,(H,21,22);2*1H. The van der Waals surface area contributed by atoms with Gasteiger partial charge in [0.1, 0.15) is 0 Å². The lowest BCUT2D eigenvalue weighted by Gasteiger charge is -2.30. The number of rotatable bonds is 3. The Morgan fingerprint density at radius 2 is 1.92 bits per heavy atom. The van der Waals surface area contributed by atoms with Crippen LogP contribution in [0.1, 0.15) is 23.7 Å². The smallest absolute Gasteiger partial charge is 0.253 e. The fourth-order valence-electron chi connectivity index (χ4n) is 2.79. The molecule has 2 atom stereocenters. The summed E-state index contributed by atoms with van der Waals surface area (Å²) < 4.78 is 0. The second kappa shape index (κ2) is 9.62. The van der Waals surface area contributed by atoms with E-state index in [1.807, 2.05) is 36.4 Å². The minimum Gasteiger partial charge on any atom is -0.348 e. The normalized spacial score (nSPS) is 19.5. The lowest BCUT2D eigenvalue weighted by molar-refractivity contribution is 0.0915. The van der Waals surface area contributed by atoms with Crippen LogP contribution in [0.4, 0.5) is 0 Å². The van der Waals surface area contributed by atoms with E-state index in [1.54, 1.807) is 12.4 Å². The summed E-state index contributed by atoms with van der Waals surface area (Å²) in [4.78, 5) is 16.7. The van der Waals surface area contributed by atoms with Crippen LogP contribution in [0.3, 0.4) is 0 Å². The molecule has 4 nitrogen and oxygen atoms in total. The van der Waals surface area contributed by atoms with Crippen LogP contribution in [0, 0.1) is 5.92 Å². The van der Waals surface area contributed by atoms with E-state index in [4.69, 9.17) is 0 Å². The molecule has 130 valence electrons. The molecule has 1 saturated heterocycles. The quantitative estimate of drug-likeness (QED) is 0.874. The van der Waals surface area contributed by atoms with Gasteiger partial charge in [-0.05, 0) is 30.5 Å². The molecule has 2 heterocycles. The lowest BCUT2D eigenvalue weighted by atomic mass is 9.94. The van der Waals surface area contributed by atoms with Gasteiger partial charge in [-0.3, -0.25) is 9.78 Å². The zero-order valence-electron chi connectivity index (χ0n) is 13.6. The van der Waals surface area contributed by atoms with Crippen LogP contribution >= 0.6 is 24.8 Å². The van der Waals surface area contributed by atoms with Gasteiger partial charge in [-0.15, -0.1) is 24.8 Å². The monoisotopic (exact) mass is 367 g/mol. The summed E-state index contributed by atoms with van der Waals surface area (Å²) in [5, 5.41) is 6.45. The van der Waals surface area contributed by atoms with Gasteiger partial charge in [0.05, 0.1) is 5.56 Å². The molecule has 0 aliphatic carbocycles. The van der Waals surface area contributed by atoms with Crippen LogP contribution in [0.5, 0.6) is 0 Å². The third-order valence-corrected chi connectivity index (χ3v) is 4.25. The summed E-state index contributed by atoms with van der Waals surface area (Å²) >= 11 is 0. The first-order valence-electron chi connectivity index (χ1n) is 7.76. The Bertz CT molecular complexity index is 652. The Hall–Kier alpha value is -1.62. The number of nitrogens with one attached hydrogen (secondary N) is 2. The molecule has 0 radical (unpaired) electrons. The van der Waals surface area contributed by atoms with Crippen molar-refractivity contribution >= 4 is 30.7 Å². The van der Waals surface area contributed by atoms with Gasteiger partial charge in [0.15, 0.2) is 0 Å². The van der Waals surface area contributed by atoms with Crippen molar-refractivity contribution in [3.05, 3.63) is 54.4 Å². The highest BCUT2D eigenvalue weighted by Gasteiger charge is 2.23. The Morgan fingerprint density at radius 3 is 2.62 bits per heavy atom. The van der Waals surface area contributed by atoms with Gasteiger partial charge < -0.3 is 10.6 Å². The van der Waals surface area contributed by atoms with Crippen molar-refractivity contribution in [1.82, 2.24) is 15.6 Å². The fraction of sp³-hybridized carbons (Fsp3) is 0.333. The predicted octanol–water partition coefficient (Wildman–Crippen LogP) is 3.32. The molecule has 0 bridgehead atoms. The number of benzene rings is 1. The molecule has 1 amide bonds. The molecular weight excluding hydrogens is 345 g/mol. The van der Waals surface area contributed by atoms with Gasteiger partial charge in [0, 0.05) is 30.5 Å². The van der Waals surface area contributed by atoms with Crippen LogP contribution in [-0.2, 0) is 0 Å². The van der Waals surface area contributed by atoms with E-state index in [2.05, 4.69) is 22.5 Å². The zero-order valence-corrected chi connectivity index (χ0v) is 15.2. The molecule has 3 rings (SSSR count). The molecule has 2 aromatic rings. The highest BCUT2D eigenvalue weighted by atomic mass is 35.5. The SMILES string of the molecule is CC1CCNCC1NC(=O)c1cncc(-c2ccccc2)c1.Cl.Cl. The molecule has 1 fully saturated rings. The van der Waals surface area contributed by atoms with Crippen molar-refractivity contribution in [3.8, 4) is 11.1 Å². The van der Waals surface area contributed by atoms with Gasteiger partial charge in [-0.25, -0.2) is 0 Å². The molecule has 1 aromatic heterocycles. The molecule has 2 unspecified atom stereocenters. The average molecular weight is 368 g/mol.